The number of likely N-dealkylation sites (N-methyl/N-ethyl adjacent to an activating group) is 1. The van der Waals surface area contributed by atoms with Gasteiger partial charge in [0.15, 0.2) is 0 Å². The molecule has 1 aliphatic heterocycles. The fourth-order valence-corrected chi connectivity index (χ4v) is 3.84. The molecule has 22 heavy (non-hydrogen) atoms. The average molecular weight is 382 g/mol. The van der Waals surface area contributed by atoms with E-state index in [1.165, 1.54) is 0 Å². The monoisotopic (exact) mass is 381 g/mol. The lowest BCUT2D eigenvalue weighted by Gasteiger charge is -2.22. The molecule has 0 aromatic heterocycles. The van der Waals surface area contributed by atoms with E-state index < -0.39 is 0 Å². The van der Waals surface area contributed by atoms with Crippen molar-refractivity contribution in [2.75, 3.05) is 20.6 Å². The van der Waals surface area contributed by atoms with Crippen LogP contribution in [0.4, 0.5) is 5.69 Å². The summed E-state index contributed by atoms with van der Waals surface area (Å²) < 4.78 is 1.04. The van der Waals surface area contributed by atoms with Crippen molar-refractivity contribution in [2.45, 2.75) is 19.2 Å². The van der Waals surface area contributed by atoms with E-state index in [0.717, 1.165) is 27.3 Å². The second-order valence-electron chi connectivity index (χ2n) is 5.16. The Kier molecular flexibility index (Phi) is 5.69. The normalized spacial score (nSPS) is 18.4. The molecule has 1 amide bonds. The topological polar surface area (TPSA) is 35.9 Å². The minimum atomic E-state index is 0.0560. The zero-order valence-electron chi connectivity index (χ0n) is 13.2. The van der Waals surface area contributed by atoms with Crippen LogP contribution in [0.5, 0.6) is 0 Å². The van der Waals surface area contributed by atoms with Crippen molar-refractivity contribution in [1.82, 2.24) is 9.80 Å². The van der Waals surface area contributed by atoms with Gasteiger partial charge in [0.25, 0.3) is 5.91 Å². The number of carbonyl (C=O) groups excluding carboxylic acids is 1. The summed E-state index contributed by atoms with van der Waals surface area (Å²) in [6, 6.07) is 7.86. The fourth-order valence-electron chi connectivity index (χ4n) is 2.20. The fraction of sp³-hybridized carbons (Fsp3) is 0.375. The standard InChI is InChI=1S/C16H20BrN3OS/c1-5-20-11(2)15(16(21)19(3)4)22-14(20)10-18-13-8-6-12(17)7-9-13/h6-10,14H,5H2,1-4H3. The second-order valence-corrected chi connectivity index (χ2v) is 7.21. The third-order valence-electron chi connectivity index (χ3n) is 3.42. The van der Waals surface area contributed by atoms with Crippen molar-refractivity contribution >= 4 is 45.5 Å². The van der Waals surface area contributed by atoms with Gasteiger partial charge in [0.2, 0.25) is 0 Å². The molecule has 6 heteroatoms. The third kappa shape index (κ3) is 3.73. The van der Waals surface area contributed by atoms with E-state index in [4.69, 9.17) is 0 Å². The van der Waals surface area contributed by atoms with Crippen LogP contribution in [-0.2, 0) is 4.79 Å². The van der Waals surface area contributed by atoms with Crippen molar-refractivity contribution in [2.24, 2.45) is 4.99 Å². The molecule has 1 aromatic rings. The zero-order chi connectivity index (χ0) is 16.3. The lowest BCUT2D eigenvalue weighted by Crippen LogP contribution is -2.28. The van der Waals surface area contributed by atoms with E-state index in [1.54, 1.807) is 30.8 Å². The van der Waals surface area contributed by atoms with E-state index in [9.17, 15) is 4.79 Å². The summed E-state index contributed by atoms with van der Waals surface area (Å²) in [4.78, 5) is 21.4. The summed E-state index contributed by atoms with van der Waals surface area (Å²) in [7, 11) is 3.56. The van der Waals surface area contributed by atoms with Crippen LogP contribution in [0.2, 0.25) is 0 Å². The Labute approximate surface area is 144 Å². The number of amides is 1. The van der Waals surface area contributed by atoms with Gasteiger partial charge in [-0.2, -0.15) is 0 Å². The first-order valence-corrected chi connectivity index (χ1v) is 8.77. The Morgan fingerprint density at radius 3 is 2.59 bits per heavy atom. The Bertz CT molecular complexity index is 610. The van der Waals surface area contributed by atoms with Gasteiger partial charge in [0.05, 0.1) is 10.6 Å². The van der Waals surface area contributed by atoms with Gasteiger partial charge >= 0.3 is 0 Å². The van der Waals surface area contributed by atoms with E-state index in [1.807, 2.05) is 37.4 Å². The van der Waals surface area contributed by atoms with Gasteiger partial charge in [-0.1, -0.05) is 27.7 Å². The van der Waals surface area contributed by atoms with Crippen LogP contribution in [-0.4, -0.2) is 47.9 Å². The van der Waals surface area contributed by atoms with Crippen LogP contribution in [0.15, 0.2) is 44.3 Å². The summed E-state index contributed by atoms with van der Waals surface area (Å²) in [5.41, 5.74) is 1.93. The minimum absolute atomic E-state index is 0.0560. The highest BCUT2D eigenvalue weighted by molar-refractivity contribution is 9.10. The van der Waals surface area contributed by atoms with Crippen LogP contribution in [0.1, 0.15) is 13.8 Å². The van der Waals surface area contributed by atoms with Gasteiger partial charge in [0.1, 0.15) is 5.37 Å². The van der Waals surface area contributed by atoms with Gasteiger partial charge in [0, 0.05) is 37.0 Å². The second kappa shape index (κ2) is 7.33. The molecule has 0 fully saturated rings. The maximum Gasteiger partial charge on any atom is 0.261 e. The van der Waals surface area contributed by atoms with E-state index >= 15 is 0 Å². The van der Waals surface area contributed by atoms with Crippen LogP contribution in [0.3, 0.4) is 0 Å². The van der Waals surface area contributed by atoms with Crippen LogP contribution >= 0.6 is 27.7 Å². The molecule has 1 unspecified atom stereocenters. The quantitative estimate of drug-likeness (QED) is 0.742. The van der Waals surface area contributed by atoms with Gasteiger partial charge in [-0.25, -0.2) is 0 Å². The highest BCUT2D eigenvalue weighted by Crippen LogP contribution is 2.37. The van der Waals surface area contributed by atoms with Gasteiger partial charge in [-0.05, 0) is 38.1 Å². The van der Waals surface area contributed by atoms with E-state index in [-0.39, 0.29) is 11.3 Å². The van der Waals surface area contributed by atoms with Gasteiger partial charge in [-0.15, -0.1) is 0 Å². The molecule has 1 aliphatic rings. The zero-order valence-corrected chi connectivity index (χ0v) is 15.6. The molecule has 0 aliphatic carbocycles. The molecule has 4 nitrogen and oxygen atoms in total. The number of halogens is 1. The highest BCUT2D eigenvalue weighted by atomic mass is 79.9. The molecule has 1 heterocycles. The third-order valence-corrected chi connectivity index (χ3v) is 5.28. The SMILES string of the molecule is CCN1C(C)=C(C(=O)N(C)C)SC1C=Nc1ccc(Br)cc1. The Morgan fingerprint density at radius 2 is 2.05 bits per heavy atom. The number of nitrogens with zero attached hydrogens (tertiary/aromatic N) is 3. The highest BCUT2D eigenvalue weighted by Gasteiger charge is 2.32. The van der Waals surface area contributed by atoms with Crippen molar-refractivity contribution in [1.29, 1.82) is 0 Å². The first kappa shape index (κ1) is 17.1. The number of carbonyl (C=O) groups is 1. The number of benzene rings is 1. The molecule has 0 saturated carbocycles. The average Bonchev–Trinajstić information content (AvgIpc) is 2.81. The molecular formula is C16H20BrN3OS. The van der Waals surface area contributed by atoms with Crippen molar-refractivity contribution in [3.8, 4) is 0 Å². The summed E-state index contributed by atoms with van der Waals surface area (Å²) in [5, 5.41) is 0.0625. The number of thioether (sulfide) groups is 1. The van der Waals surface area contributed by atoms with E-state index in [2.05, 4.69) is 32.7 Å². The van der Waals surface area contributed by atoms with Gasteiger partial charge in [-0.3, -0.25) is 9.79 Å². The molecular weight excluding hydrogens is 362 g/mol. The van der Waals surface area contributed by atoms with Crippen molar-refractivity contribution in [3.63, 3.8) is 0 Å². The molecule has 0 radical (unpaired) electrons. The molecule has 0 saturated heterocycles. The molecule has 1 atom stereocenters. The van der Waals surface area contributed by atoms with Crippen LogP contribution in [0.25, 0.3) is 0 Å². The van der Waals surface area contributed by atoms with Crippen LogP contribution in [0, 0.1) is 0 Å². The predicted octanol–water partition coefficient (Wildman–Crippen LogP) is 3.87. The molecule has 0 bridgehead atoms. The van der Waals surface area contributed by atoms with Crippen molar-refractivity contribution in [3.05, 3.63) is 39.3 Å². The lowest BCUT2D eigenvalue weighted by atomic mass is 10.3. The summed E-state index contributed by atoms with van der Waals surface area (Å²) in [6.45, 7) is 4.94. The molecule has 2 rings (SSSR count). The van der Waals surface area contributed by atoms with Crippen molar-refractivity contribution < 1.29 is 4.79 Å². The van der Waals surface area contributed by atoms with Crippen LogP contribution < -0.4 is 0 Å². The smallest absolute Gasteiger partial charge is 0.261 e. The lowest BCUT2D eigenvalue weighted by molar-refractivity contribution is -0.124. The Balaban J connectivity index is 2.16. The van der Waals surface area contributed by atoms with E-state index in [0.29, 0.717) is 0 Å². The maximum absolute atomic E-state index is 12.2. The predicted molar refractivity (Wildman–Crippen MR) is 97.4 cm³/mol. The molecule has 1 aromatic carbocycles. The van der Waals surface area contributed by atoms with Gasteiger partial charge < -0.3 is 9.80 Å². The first-order chi connectivity index (χ1) is 10.4. The summed E-state index contributed by atoms with van der Waals surface area (Å²) >= 11 is 4.98. The summed E-state index contributed by atoms with van der Waals surface area (Å²) in [5.74, 6) is 0.0560. The number of hydrogen-bond acceptors (Lipinski definition) is 4. The summed E-state index contributed by atoms with van der Waals surface area (Å²) in [6.07, 6.45) is 1.91. The Hall–Kier alpha value is -1.27. The number of hydrogen-bond donors (Lipinski definition) is 0. The molecule has 0 N–H and O–H groups in total. The molecule has 0 spiro atoms. The minimum Gasteiger partial charge on any atom is -0.357 e. The number of aliphatic imine (C=N–C) groups is 1. The maximum atomic E-state index is 12.2. The Morgan fingerprint density at radius 1 is 1.41 bits per heavy atom. The largest absolute Gasteiger partial charge is 0.357 e. The number of rotatable bonds is 4. The molecule has 118 valence electrons. The number of allylic oxidation sites excluding steroid dienone is 1. The first-order valence-electron chi connectivity index (χ1n) is 7.09.